The van der Waals surface area contributed by atoms with E-state index >= 15 is 0 Å². The molecule has 0 aliphatic carbocycles. The van der Waals surface area contributed by atoms with Crippen LogP contribution in [-0.2, 0) is 0 Å². The van der Waals surface area contributed by atoms with Gasteiger partial charge in [-0.05, 0) is 42.3 Å². The first-order valence-corrected chi connectivity index (χ1v) is 5.71. The molecule has 0 saturated heterocycles. The molecule has 1 atom stereocenters. The normalized spacial score (nSPS) is 12.2. The molecule has 0 aromatic heterocycles. The van der Waals surface area contributed by atoms with Crippen LogP contribution < -0.4 is 0 Å². The predicted octanol–water partition coefficient (Wildman–Crippen LogP) is 3.45. The van der Waals surface area contributed by atoms with Gasteiger partial charge < -0.3 is 5.11 Å². The van der Waals surface area contributed by atoms with Crippen LogP contribution in [0.2, 0.25) is 0 Å². The molecule has 0 saturated carbocycles. The fourth-order valence-electron chi connectivity index (χ4n) is 1.88. The Morgan fingerprint density at radius 1 is 1.16 bits per heavy atom. The molecule has 0 bridgehead atoms. The fourth-order valence-corrected chi connectivity index (χ4v) is 1.88. The van der Waals surface area contributed by atoms with Crippen molar-refractivity contribution in [2.45, 2.75) is 13.0 Å². The summed E-state index contributed by atoms with van der Waals surface area (Å²) in [6, 6.07) is 10.3. The minimum atomic E-state index is -0.944. The van der Waals surface area contributed by atoms with Crippen LogP contribution in [0.4, 0.5) is 10.1 Å². The minimum absolute atomic E-state index is 0.124. The smallest absolute Gasteiger partial charge is 0.275 e. The lowest BCUT2D eigenvalue weighted by Gasteiger charge is -2.09. The molecule has 4 nitrogen and oxygen atoms in total. The molecular formula is C14H12FNO3. The van der Waals surface area contributed by atoms with Gasteiger partial charge in [-0.2, -0.15) is 0 Å². The Bertz CT molecular complexity index is 609. The van der Waals surface area contributed by atoms with Crippen molar-refractivity contribution in [3.63, 3.8) is 0 Å². The SMILES string of the molecule is CC(O)c1cc(-c2ccc(F)cc2)ccc1[N+](=O)[O-]. The van der Waals surface area contributed by atoms with Crippen LogP contribution in [0.3, 0.4) is 0 Å². The largest absolute Gasteiger partial charge is 0.388 e. The predicted molar refractivity (Wildman–Crippen MR) is 69.1 cm³/mol. The summed E-state index contributed by atoms with van der Waals surface area (Å²) in [4.78, 5) is 10.3. The highest BCUT2D eigenvalue weighted by molar-refractivity contribution is 5.66. The number of halogens is 1. The van der Waals surface area contributed by atoms with Gasteiger partial charge in [0.2, 0.25) is 0 Å². The maximum Gasteiger partial charge on any atom is 0.275 e. The van der Waals surface area contributed by atoms with Crippen molar-refractivity contribution in [3.05, 3.63) is 64.0 Å². The Labute approximate surface area is 109 Å². The molecule has 5 heteroatoms. The Hall–Kier alpha value is -2.27. The number of nitro groups is 1. The van der Waals surface area contributed by atoms with Crippen LogP contribution >= 0.6 is 0 Å². The third-order valence-corrected chi connectivity index (χ3v) is 2.85. The molecule has 1 unspecified atom stereocenters. The summed E-state index contributed by atoms with van der Waals surface area (Å²) >= 11 is 0. The quantitative estimate of drug-likeness (QED) is 0.679. The number of aliphatic hydroxyl groups is 1. The van der Waals surface area contributed by atoms with Gasteiger partial charge in [0, 0.05) is 6.07 Å². The standard InChI is InChI=1S/C14H12FNO3/c1-9(17)13-8-11(4-7-14(13)16(18)19)10-2-5-12(15)6-3-10/h2-9,17H,1H3. The first kappa shape index (κ1) is 13.2. The van der Waals surface area contributed by atoms with E-state index in [4.69, 9.17) is 0 Å². The maximum atomic E-state index is 12.9. The minimum Gasteiger partial charge on any atom is -0.388 e. The van der Waals surface area contributed by atoms with Gasteiger partial charge in [-0.1, -0.05) is 12.1 Å². The molecule has 0 amide bonds. The van der Waals surface area contributed by atoms with E-state index in [0.717, 1.165) is 5.56 Å². The molecule has 0 heterocycles. The fraction of sp³-hybridized carbons (Fsp3) is 0.143. The van der Waals surface area contributed by atoms with Crippen molar-refractivity contribution in [3.8, 4) is 11.1 Å². The molecule has 0 aliphatic rings. The average molecular weight is 261 g/mol. The lowest BCUT2D eigenvalue weighted by atomic mass is 9.99. The van der Waals surface area contributed by atoms with Gasteiger partial charge in [0.15, 0.2) is 0 Å². The Morgan fingerprint density at radius 3 is 2.26 bits per heavy atom. The molecule has 2 aromatic carbocycles. The van der Waals surface area contributed by atoms with Crippen LogP contribution in [0.25, 0.3) is 11.1 Å². The molecule has 0 spiro atoms. The van der Waals surface area contributed by atoms with Gasteiger partial charge in [-0.25, -0.2) is 4.39 Å². The number of rotatable bonds is 3. The van der Waals surface area contributed by atoms with Gasteiger partial charge in [0.05, 0.1) is 16.6 Å². The van der Waals surface area contributed by atoms with Crippen LogP contribution in [0.5, 0.6) is 0 Å². The van der Waals surface area contributed by atoms with Gasteiger partial charge >= 0.3 is 0 Å². The zero-order chi connectivity index (χ0) is 14.0. The van der Waals surface area contributed by atoms with Gasteiger partial charge in [0.1, 0.15) is 5.82 Å². The number of nitrogens with zero attached hydrogens (tertiary/aromatic N) is 1. The van der Waals surface area contributed by atoms with Gasteiger partial charge in [-0.15, -0.1) is 0 Å². The second-order valence-corrected chi connectivity index (χ2v) is 4.21. The zero-order valence-corrected chi connectivity index (χ0v) is 10.2. The molecule has 0 radical (unpaired) electrons. The monoisotopic (exact) mass is 261 g/mol. The molecule has 0 aliphatic heterocycles. The van der Waals surface area contributed by atoms with Gasteiger partial charge in [0.25, 0.3) is 5.69 Å². The maximum absolute atomic E-state index is 12.9. The van der Waals surface area contributed by atoms with Crippen molar-refractivity contribution in [1.82, 2.24) is 0 Å². The highest BCUT2D eigenvalue weighted by atomic mass is 19.1. The summed E-state index contributed by atoms with van der Waals surface area (Å²) in [5.41, 5.74) is 1.55. The number of aliphatic hydroxyl groups excluding tert-OH is 1. The average Bonchev–Trinajstić information content (AvgIpc) is 2.38. The van der Waals surface area contributed by atoms with E-state index in [1.807, 2.05) is 0 Å². The van der Waals surface area contributed by atoms with E-state index in [-0.39, 0.29) is 17.1 Å². The zero-order valence-electron chi connectivity index (χ0n) is 10.2. The second-order valence-electron chi connectivity index (χ2n) is 4.21. The van der Waals surface area contributed by atoms with Crippen LogP contribution in [0.1, 0.15) is 18.6 Å². The van der Waals surface area contributed by atoms with Crippen molar-refractivity contribution >= 4 is 5.69 Å². The summed E-state index contributed by atoms with van der Waals surface area (Å²) in [5, 5.41) is 20.5. The van der Waals surface area contributed by atoms with E-state index in [1.165, 1.54) is 25.1 Å². The number of hydrogen-bond acceptors (Lipinski definition) is 3. The topological polar surface area (TPSA) is 63.4 Å². The van der Waals surface area contributed by atoms with E-state index < -0.39 is 11.0 Å². The van der Waals surface area contributed by atoms with E-state index in [9.17, 15) is 19.6 Å². The van der Waals surface area contributed by atoms with Crippen molar-refractivity contribution in [1.29, 1.82) is 0 Å². The highest BCUT2D eigenvalue weighted by Crippen LogP contribution is 2.30. The third-order valence-electron chi connectivity index (χ3n) is 2.85. The van der Waals surface area contributed by atoms with Crippen molar-refractivity contribution < 1.29 is 14.4 Å². The van der Waals surface area contributed by atoms with E-state index in [0.29, 0.717) is 5.56 Å². The van der Waals surface area contributed by atoms with Crippen LogP contribution in [0, 0.1) is 15.9 Å². The van der Waals surface area contributed by atoms with E-state index in [1.54, 1.807) is 24.3 Å². The Kier molecular flexibility index (Phi) is 3.57. The number of nitro benzene ring substituents is 1. The highest BCUT2D eigenvalue weighted by Gasteiger charge is 2.18. The Morgan fingerprint density at radius 2 is 1.74 bits per heavy atom. The van der Waals surface area contributed by atoms with Crippen LogP contribution in [0.15, 0.2) is 42.5 Å². The lowest BCUT2D eigenvalue weighted by molar-refractivity contribution is -0.386. The first-order chi connectivity index (χ1) is 8.99. The molecule has 19 heavy (non-hydrogen) atoms. The number of hydrogen-bond donors (Lipinski definition) is 1. The van der Waals surface area contributed by atoms with Gasteiger partial charge in [-0.3, -0.25) is 10.1 Å². The second kappa shape index (κ2) is 5.16. The molecule has 0 fully saturated rings. The summed E-state index contributed by atoms with van der Waals surface area (Å²) in [6.07, 6.45) is -0.944. The van der Waals surface area contributed by atoms with Crippen molar-refractivity contribution in [2.24, 2.45) is 0 Å². The molecule has 1 N–H and O–H groups in total. The molecule has 2 aromatic rings. The first-order valence-electron chi connectivity index (χ1n) is 5.71. The molecule has 2 rings (SSSR count). The lowest BCUT2D eigenvalue weighted by Crippen LogP contribution is -1.99. The summed E-state index contributed by atoms with van der Waals surface area (Å²) in [7, 11) is 0. The summed E-state index contributed by atoms with van der Waals surface area (Å²) in [5.74, 6) is -0.346. The summed E-state index contributed by atoms with van der Waals surface area (Å²) < 4.78 is 12.9. The summed E-state index contributed by atoms with van der Waals surface area (Å²) in [6.45, 7) is 1.47. The Balaban J connectivity index is 2.52. The van der Waals surface area contributed by atoms with E-state index in [2.05, 4.69) is 0 Å². The molecular weight excluding hydrogens is 249 g/mol. The molecule has 98 valence electrons. The number of benzene rings is 2. The third kappa shape index (κ3) is 2.77. The van der Waals surface area contributed by atoms with Crippen molar-refractivity contribution in [2.75, 3.05) is 0 Å². The van der Waals surface area contributed by atoms with Crippen LogP contribution in [-0.4, -0.2) is 10.0 Å².